The summed E-state index contributed by atoms with van der Waals surface area (Å²) in [6, 6.07) is 9.26. The predicted octanol–water partition coefficient (Wildman–Crippen LogP) is 5.27. The number of nitro benzene ring substituents is 1. The van der Waals surface area contributed by atoms with Crippen LogP contribution in [0, 0.1) is 10.1 Å². The zero-order valence-electron chi connectivity index (χ0n) is 12.0. The van der Waals surface area contributed by atoms with Crippen LogP contribution in [-0.2, 0) is 12.7 Å². The molecule has 0 aliphatic heterocycles. The number of nitrogens with zero attached hydrogens (tertiary/aromatic N) is 2. The first kappa shape index (κ1) is 16.3. The molecule has 0 saturated carbocycles. The molecule has 0 bridgehead atoms. The average Bonchev–Trinajstić information content (AvgIpc) is 2.90. The highest BCUT2D eigenvalue weighted by Crippen LogP contribution is 2.32. The second-order valence-corrected chi connectivity index (χ2v) is 5.67. The normalized spacial score (nSPS) is 11.8. The van der Waals surface area contributed by atoms with Crippen molar-refractivity contribution in [1.82, 2.24) is 4.57 Å². The van der Waals surface area contributed by atoms with E-state index in [0.717, 1.165) is 12.1 Å². The fourth-order valence-corrected chi connectivity index (χ4v) is 2.89. The predicted molar refractivity (Wildman–Crippen MR) is 84.1 cm³/mol. The second kappa shape index (κ2) is 5.83. The minimum Gasteiger partial charge on any atom is -0.342 e. The van der Waals surface area contributed by atoms with Crippen molar-refractivity contribution in [3.05, 3.63) is 74.9 Å². The summed E-state index contributed by atoms with van der Waals surface area (Å²) in [6.07, 6.45) is -2.77. The van der Waals surface area contributed by atoms with Crippen molar-refractivity contribution < 1.29 is 18.1 Å². The van der Waals surface area contributed by atoms with E-state index >= 15 is 0 Å². The van der Waals surface area contributed by atoms with Crippen LogP contribution in [0.4, 0.5) is 18.9 Å². The molecule has 8 heteroatoms. The SMILES string of the molecule is O=[N+]([O-])c1cc(Cl)c2c(ccn2Cc2cccc(C(F)(F)F)c2)c1. The molecule has 3 aromatic rings. The molecule has 1 heterocycles. The van der Waals surface area contributed by atoms with Crippen molar-refractivity contribution in [3.8, 4) is 0 Å². The van der Waals surface area contributed by atoms with Crippen molar-refractivity contribution in [2.24, 2.45) is 0 Å². The summed E-state index contributed by atoms with van der Waals surface area (Å²) in [4.78, 5) is 10.3. The lowest BCUT2D eigenvalue weighted by atomic mass is 10.1. The van der Waals surface area contributed by atoms with Crippen molar-refractivity contribution in [1.29, 1.82) is 0 Å². The lowest BCUT2D eigenvalue weighted by Crippen LogP contribution is -2.06. The van der Waals surface area contributed by atoms with Crippen LogP contribution in [0.2, 0.25) is 5.02 Å². The molecule has 0 spiro atoms. The van der Waals surface area contributed by atoms with Gasteiger partial charge < -0.3 is 4.57 Å². The number of hydrogen-bond acceptors (Lipinski definition) is 2. The van der Waals surface area contributed by atoms with E-state index in [9.17, 15) is 23.3 Å². The third-order valence-electron chi connectivity index (χ3n) is 3.62. The first-order chi connectivity index (χ1) is 11.3. The number of nitro groups is 1. The molecule has 0 amide bonds. The van der Waals surface area contributed by atoms with Gasteiger partial charge in [-0.2, -0.15) is 13.2 Å². The quantitative estimate of drug-likeness (QED) is 0.475. The van der Waals surface area contributed by atoms with Gasteiger partial charge in [0.2, 0.25) is 0 Å². The van der Waals surface area contributed by atoms with Crippen LogP contribution < -0.4 is 0 Å². The standard InChI is InChI=1S/C16H10ClF3N2O2/c17-14-8-13(22(23)24)7-11-4-5-21(15(11)14)9-10-2-1-3-12(6-10)16(18,19)20/h1-8H,9H2. The largest absolute Gasteiger partial charge is 0.416 e. The number of benzene rings is 2. The Labute approximate surface area is 139 Å². The molecule has 4 nitrogen and oxygen atoms in total. The monoisotopic (exact) mass is 354 g/mol. The molecule has 1 aromatic heterocycles. The van der Waals surface area contributed by atoms with Crippen LogP contribution in [-0.4, -0.2) is 9.49 Å². The van der Waals surface area contributed by atoms with Gasteiger partial charge in [0.1, 0.15) is 0 Å². The van der Waals surface area contributed by atoms with E-state index < -0.39 is 16.7 Å². The molecule has 0 fully saturated rings. The lowest BCUT2D eigenvalue weighted by Gasteiger charge is -2.10. The molecular weight excluding hydrogens is 345 g/mol. The number of rotatable bonds is 3. The molecule has 0 unspecified atom stereocenters. The molecule has 3 rings (SSSR count). The maximum absolute atomic E-state index is 12.8. The van der Waals surface area contributed by atoms with Crippen molar-refractivity contribution in [2.75, 3.05) is 0 Å². The van der Waals surface area contributed by atoms with Crippen LogP contribution in [0.1, 0.15) is 11.1 Å². The Morgan fingerprint density at radius 2 is 1.92 bits per heavy atom. The van der Waals surface area contributed by atoms with Gasteiger partial charge in [-0.1, -0.05) is 23.7 Å². The van der Waals surface area contributed by atoms with E-state index in [1.54, 1.807) is 22.9 Å². The maximum atomic E-state index is 12.8. The minimum absolute atomic E-state index is 0.135. The summed E-state index contributed by atoms with van der Waals surface area (Å²) in [7, 11) is 0. The highest BCUT2D eigenvalue weighted by Gasteiger charge is 2.30. The van der Waals surface area contributed by atoms with Crippen LogP contribution in [0.25, 0.3) is 10.9 Å². The fraction of sp³-hybridized carbons (Fsp3) is 0.125. The Morgan fingerprint density at radius 1 is 1.17 bits per heavy atom. The summed E-state index contributed by atoms with van der Waals surface area (Å²) in [6.45, 7) is 0.172. The number of non-ortho nitro benzene ring substituents is 1. The van der Waals surface area contributed by atoms with Crippen LogP contribution >= 0.6 is 11.6 Å². The molecular formula is C16H10ClF3N2O2. The molecule has 0 saturated heterocycles. The number of fused-ring (bicyclic) bond motifs is 1. The summed E-state index contributed by atoms with van der Waals surface area (Å²) in [5, 5.41) is 11.6. The van der Waals surface area contributed by atoms with Crippen molar-refractivity contribution >= 4 is 28.2 Å². The second-order valence-electron chi connectivity index (χ2n) is 5.26. The van der Waals surface area contributed by atoms with Gasteiger partial charge in [-0.3, -0.25) is 10.1 Å². The highest BCUT2D eigenvalue weighted by molar-refractivity contribution is 6.35. The Hall–Kier alpha value is -2.54. The smallest absolute Gasteiger partial charge is 0.342 e. The molecule has 0 N–H and O–H groups in total. The molecule has 24 heavy (non-hydrogen) atoms. The fourth-order valence-electron chi connectivity index (χ4n) is 2.56. The summed E-state index contributed by atoms with van der Waals surface area (Å²) >= 11 is 6.12. The molecule has 0 radical (unpaired) electrons. The first-order valence-corrected chi connectivity index (χ1v) is 7.22. The van der Waals surface area contributed by atoms with E-state index in [0.29, 0.717) is 16.5 Å². The number of alkyl halides is 3. The van der Waals surface area contributed by atoms with Crippen LogP contribution in [0.3, 0.4) is 0 Å². The van der Waals surface area contributed by atoms with Gasteiger partial charge in [0, 0.05) is 30.3 Å². The van der Waals surface area contributed by atoms with Gasteiger partial charge in [0.25, 0.3) is 5.69 Å². The zero-order valence-corrected chi connectivity index (χ0v) is 12.8. The van der Waals surface area contributed by atoms with Gasteiger partial charge in [-0.25, -0.2) is 0 Å². The van der Waals surface area contributed by atoms with Gasteiger partial charge >= 0.3 is 6.18 Å². The molecule has 0 aliphatic carbocycles. The third kappa shape index (κ3) is 3.07. The van der Waals surface area contributed by atoms with E-state index in [-0.39, 0.29) is 17.3 Å². The zero-order chi connectivity index (χ0) is 17.5. The van der Waals surface area contributed by atoms with Gasteiger partial charge in [0.05, 0.1) is 21.0 Å². The minimum atomic E-state index is -4.41. The summed E-state index contributed by atoms with van der Waals surface area (Å²) < 4.78 is 40.0. The molecule has 124 valence electrons. The van der Waals surface area contributed by atoms with E-state index in [1.807, 2.05) is 0 Å². The first-order valence-electron chi connectivity index (χ1n) is 6.84. The van der Waals surface area contributed by atoms with Gasteiger partial charge in [-0.05, 0) is 23.8 Å². The van der Waals surface area contributed by atoms with Gasteiger partial charge in [0.15, 0.2) is 0 Å². The summed E-state index contributed by atoms with van der Waals surface area (Å²) in [5.41, 5.74) is 0.138. The van der Waals surface area contributed by atoms with E-state index in [1.165, 1.54) is 18.2 Å². The molecule has 2 aromatic carbocycles. The maximum Gasteiger partial charge on any atom is 0.416 e. The highest BCUT2D eigenvalue weighted by atomic mass is 35.5. The van der Waals surface area contributed by atoms with Crippen molar-refractivity contribution in [2.45, 2.75) is 12.7 Å². The van der Waals surface area contributed by atoms with Crippen molar-refractivity contribution in [3.63, 3.8) is 0 Å². The molecule has 0 atom stereocenters. The van der Waals surface area contributed by atoms with E-state index in [2.05, 4.69) is 0 Å². The lowest BCUT2D eigenvalue weighted by molar-refractivity contribution is -0.384. The van der Waals surface area contributed by atoms with E-state index in [4.69, 9.17) is 11.6 Å². The van der Waals surface area contributed by atoms with Crippen LogP contribution in [0.15, 0.2) is 48.7 Å². The Bertz CT molecular complexity index is 935. The topological polar surface area (TPSA) is 48.1 Å². The van der Waals surface area contributed by atoms with Gasteiger partial charge in [-0.15, -0.1) is 0 Å². The Balaban J connectivity index is 2.01. The summed E-state index contributed by atoms with van der Waals surface area (Å²) in [5.74, 6) is 0. The average molecular weight is 355 g/mol. The van der Waals surface area contributed by atoms with Crippen LogP contribution in [0.5, 0.6) is 0 Å². The number of hydrogen-bond donors (Lipinski definition) is 0. The molecule has 0 aliphatic rings. The number of aromatic nitrogens is 1. The Kier molecular flexibility index (Phi) is 3.96. The number of halogens is 4. The Morgan fingerprint density at radius 3 is 2.58 bits per heavy atom. The third-order valence-corrected chi connectivity index (χ3v) is 3.91.